The summed E-state index contributed by atoms with van der Waals surface area (Å²) >= 11 is 0. The summed E-state index contributed by atoms with van der Waals surface area (Å²) in [6, 6.07) is 17.6. The Balaban J connectivity index is 1.42. The van der Waals surface area contributed by atoms with E-state index in [2.05, 4.69) is 22.1 Å². The summed E-state index contributed by atoms with van der Waals surface area (Å²) in [5.74, 6) is 6.17. The zero-order valence-electron chi connectivity index (χ0n) is 13.7. The lowest BCUT2D eigenvalue weighted by Gasteiger charge is -2.05. The van der Waals surface area contributed by atoms with Gasteiger partial charge in [-0.1, -0.05) is 48.2 Å². The minimum Gasteiger partial charge on any atom is -0.445 e. The summed E-state index contributed by atoms with van der Waals surface area (Å²) in [6.07, 6.45) is 3.74. The van der Waals surface area contributed by atoms with Crippen molar-refractivity contribution < 1.29 is 9.53 Å². The molecule has 0 spiro atoms. The average molecular weight is 330 g/mol. The molecule has 0 aliphatic carbocycles. The second-order valence-corrected chi connectivity index (χ2v) is 5.48. The van der Waals surface area contributed by atoms with E-state index in [4.69, 9.17) is 4.74 Å². The molecule has 4 heteroatoms. The van der Waals surface area contributed by atoms with Crippen molar-refractivity contribution in [2.45, 2.75) is 13.0 Å². The topological polar surface area (TPSA) is 51.2 Å². The normalized spacial score (nSPS) is 9.92. The first-order valence-corrected chi connectivity index (χ1v) is 8.08. The maximum Gasteiger partial charge on any atom is 0.407 e. The van der Waals surface area contributed by atoms with Crippen LogP contribution < -0.4 is 5.32 Å². The minimum absolute atomic E-state index is 0.268. The summed E-state index contributed by atoms with van der Waals surface area (Å²) in [7, 11) is 0. The third-order valence-electron chi connectivity index (χ3n) is 3.61. The van der Waals surface area contributed by atoms with Gasteiger partial charge in [-0.05, 0) is 29.1 Å². The Labute approximate surface area is 146 Å². The lowest BCUT2D eigenvalue weighted by atomic mass is 10.1. The van der Waals surface area contributed by atoms with E-state index >= 15 is 0 Å². The van der Waals surface area contributed by atoms with Crippen molar-refractivity contribution >= 4 is 16.9 Å². The zero-order valence-corrected chi connectivity index (χ0v) is 13.7. The molecule has 1 heterocycles. The van der Waals surface area contributed by atoms with Crippen LogP contribution in [0.25, 0.3) is 10.8 Å². The second-order valence-electron chi connectivity index (χ2n) is 5.48. The van der Waals surface area contributed by atoms with Gasteiger partial charge in [-0.3, -0.25) is 4.98 Å². The van der Waals surface area contributed by atoms with E-state index in [9.17, 15) is 4.79 Å². The predicted octanol–water partition coefficient (Wildman–Crippen LogP) is 3.90. The third kappa shape index (κ3) is 5.08. The van der Waals surface area contributed by atoms with Gasteiger partial charge in [0.1, 0.15) is 6.61 Å². The third-order valence-corrected chi connectivity index (χ3v) is 3.61. The van der Waals surface area contributed by atoms with Crippen LogP contribution in [-0.2, 0) is 11.3 Å². The van der Waals surface area contributed by atoms with Crippen molar-refractivity contribution in [3.8, 4) is 11.8 Å². The molecule has 4 nitrogen and oxygen atoms in total. The zero-order chi connectivity index (χ0) is 17.3. The molecule has 3 rings (SSSR count). The number of benzene rings is 2. The van der Waals surface area contributed by atoms with Crippen molar-refractivity contribution in [2.24, 2.45) is 0 Å². The van der Waals surface area contributed by atoms with Gasteiger partial charge in [0.2, 0.25) is 0 Å². The summed E-state index contributed by atoms with van der Waals surface area (Å²) in [6.45, 7) is 0.725. The molecule has 25 heavy (non-hydrogen) atoms. The fraction of sp³-hybridized carbons (Fsp3) is 0.143. The largest absolute Gasteiger partial charge is 0.445 e. The van der Waals surface area contributed by atoms with E-state index in [-0.39, 0.29) is 6.61 Å². The van der Waals surface area contributed by atoms with Crippen LogP contribution in [0.1, 0.15) is 17.5 Å². The number of nitrogens with one attached hydrogen (secondary N) is 1. The number of nitrogens with zero attached hydrogens (tertiary/aromatic N) is 1. The van der Waals surface area contributed by atoms with Crippen molar-refractivity contribution in [1.82, 2.24) is 10.3 Å². The first kappa shape index (κ1) is 16.5. The molecule has 2 aromatic carbocycles. The van der Waals surface area contributed by atoms with Crippen LogP contribution in [0.4, 0.5) is 4.79 Å². The first-order chi connectivity index (χ1) is 12.3. The quantitative estimate of drug-likeness (QED) is 0.583. The molecule has 3 aromatic rings. The lowest BCUT2D eigenvalue weighted by molar-refractivity contribution is 0.140. The second kappa shape index (κ2) is 8.51. The number of carbonyl (C=O) groups excluding carboxylic acids is 1. The van der Waals surface area contributed by atoms with Gasteiger partial charge in [0, 0.05) is 36.3 Å². The molecular formula is C21H18N2O2. The molecule has 0 radical (unpaired) electrons. The van der Waals surface area contributed by atoms with Crippen LogP contribution >= 0.6 is 0 Å². The van der Waals surface area contributed by atoms with E-state index in [1.54, 1.807) is 6.20 Å². The average Bonchev–Trinajstić information content (AvgIpc) is 2.67. The summed E-state index contributed by atoms with van der Waals surface area (Å²) in [5, 5.41) is 4.91. The highest BCUT2D eigenvalue weighted by Crippen LogP contribution is 2.13. The molecule has 0 saturated heterocycles. The molecule has 1 N–H and O–H groups in total. The van der Waals surface area contributed by atoms with Crippen molar-refractivity contribution in [2.75, 3.05) is 6.54 Å². The number of alkyl carbamates (subject to hydrolysis) is 1. The van der Waals surface area contributed by atoms with Crippen molar-refractivity contribution in [3.63, 3.8) is 0 Å². The number of amides is 1. The Bertz CT molecular complexity index is 911. The number of aromatic nitrogens is 1. The van der Waals surface area contributed by atoms with Gasteiger partial charge in [-0.25, -0.2) is 4.79 Å². The van der Waals surface area contributed by atoms with Gasteiger partial charge in [-0.15, -0.1) is 0 Å². The maximum absolute atomic E-state index is 11.6. The molecule has 0 bridgehead atoms. The SMILES string of the molecule is O=C(NCCC#Cc1ccc2cnccc2c1)OCc1ccccc1. The van der Waals surface area contributed by atoms with E-state index in [0.717, 1.165) is 21.9 Å². The van der Waals surface area contributed by atoms with Crippen LogP contribution in [-0.4, -0.2) is 17.6 Å². The van der Waals surface area contributed by atoms with Crippen LogP contribution in [0, 0.1) is 11.8 Å². The smallest absolute Gasteiger partial charge is 0.407 e. The number of hydrogen-bond acceptors (Lipinski definition) is 3. The molecule has 0 aliphatic heterocycles. The fourth-order valence-electron chi connectivity index (χ4n) is 2.33. The molecule has 0 atom stereocenters. The number of rotatable bonds is 4. The highest BCUT2D eigenvalue weighted by molar-refractivity contribution is 5.82. The number of pyridine rings is 1. The number of ether oxygens (including phenoxy) is 1. The van der Waals surface area contributed by atoms with Gasteiger partial charge in [-0.2, -0.15) is 0 Å². The molecule has 0 aliphatic rings. The van der Waals surface area contributed by atoms with Gasteiger partial charge in [0.05, 0.1) is 0 Å². The Morgan fingerprint density at radius 3 is 2.84 bits per heavy atom. The summed E-state index contributed by atoms with van der Waals surface area (Å²) < 4.78 is 5.14. The van der Waals surface area contributed by atoms with Crippen LogP contribution in [0.2, 0.25) is 0 Å². The van der Waals surface area contributed by atoms with E-state index in [1.807, 2.05) is 60.8 Å². The monoisotopic (exact) mass is 330 g/mol. The maximum atomic E-state index is 11.6. The standard InChI is InChI=1S/C21H18N2O2/c24-21(25-16-18-7-2-1-3-8-18)23-12-5-4-6-17-9-10-20-15-22-13-11-19(20)14-17/h1-3,7-11,13-15H,5,12,16H2,(H,23,24). The lowest BCUT2D eigenvalue weighted by Crippen LogP contribution is -2.24. The molecular weight excluding hydrogens is 312 g/mol. The molecule has 0 saturated carbocycles. The highest BCUT2D eigenvalue weighted by Gasteiger charge is 2.00. The number of carbonyl (C=O) groups is 1. The van der Waals surface area contributed by atoms with Crippen LogP contribution in [0.5, 0.6) is 0 Å². The fourth-order valence-corrected chi connectivity index (χ4v) is 2.33. The summed E-state index contributed by atoms with van der Waals surface area (Å²) in [5.41, 5.74) is 1.91. The van der Waals surface area contributed by atoms with Gasteiger partial charge >= 0.3 is 6.09 Å². The highest BCUT2D eigenvalue weighted by atomic mass is 16.5. The number of hydrogen-bond donors (Lipinski definition) is 1. The number of fused-ring (bicyclic) bond motifs is 1. The Kier molecular flexibility index (Phi) is 5.63. The van der Waals surface area contributed by atoms with Crippen molar-refractivity contribution in [1.29, 1.82) is 0 Å². The van der Waals surface area contributed by atoms with Gasteiger partial charge in [0.25, 0.3) is 0 Å². The molecule has 1 amide bonds. The first-order valence-electron chi connectivity index (χ1n) is 8.08. The van der Waals surface area contributed by atoms with Gasteiger partial charge in [0.15, 0.2) is 0 Å². The van der Waals surface area contributed by atoms with E-state index < -0.39 is 6.09 Å². The van der Waals surface area contributed by atoms with Crippen LogP contribution in [0.15, 0.2) is 67.0 Å². The molecule has 0 unspecified atom stereocenters. The Morgan fingerprint density at radius 1 is 1.08 bits per heavy atom. The molecule has 124 valence electrons. The van der Waals surface area contributed by atoms with E-state index in [1.165, 1.54) is 0 Å². The Morgan fingerprint density at radius 2 is 1.96 bits per heavy atom. The predicted molar refractivity (Wildman–Crippen MR) is 97.9 cm³/mol. The van der Waals surface area contributed by atoms with Gasteiger partial charge < -0.3 is 10.1 Å². The van der Waals surface area contributed by atoms with Crippen molar-refractivity contribution in [3.05, 3.63) is 78.1 Å². The van der Waals surface area contributed by atoms with Crippen LogP contribution in [0.3, 0.4) is 0 Å². The Hall–Kier alpha value is -3.32. The molecule has 0 fully saturated rings. The minimum atomic E-state index is -0.427. The van der Waals surface area contributed by atoms with E-state index in [0.29, 0.717) is 13.0 Å². The summed E-state index contributed by atoms with van der Waals surface area (Å²) in [4.78, 5) is 15.7. The molecule has 1 aromatic heterocycles.